The molecule has 0 aromatic rings. The van der Waals surface area contributed by atoms with Crippen LogP contribution in [0, 0.1) is 5.92 Å². The lowest BCUT2D eigenvalue weighted by molar-refractivity contribution is -0.142. The molecular formula is C16H32O2. The maximum atomic E-state index is 10.8. The number of hydrogen-bond acceptors (Lipinski definition) is 1. The molecule has 0 aromatic heterocycles. The SMILES string of the molecule is CCCCCCCCCCCC[C@@H](CC)C(=O)O. The Bertz CT molecular complexity index is 190. The molecule has 0 saturated heterocycles. The van der Waals surface area contributed by atoms with E-state index in [2.05, 4.69) is 6.92 Å². The Hall–Kier alpha value is -0.530. The van der Waals surface area contributed by atoms with Crippen molar-refractivity contribution in [2.75, 3.05) is 0 Å². The van der Waals surface area contributed by atoms with Gasteiger partial charge in [0.15, 0.2) is 0 Å². The van der Waals surface area contributed by atoms with Crippen molar-refractivity contribution in [1.82, 2.24) is 0 Å². The number of carboxylic acid groups (broad SMARTS) is 1. The summed E-state index contributed by atoms with van der Waals surface area (Å²) in [7, 11) is 0. The normalized spacial score (nSPS) is 12.6. The first-order chi connectivity index (χ1) is 8.72. The van der Waals surface area contributed by atoms with E-state index in [4.69, 9.17) is 5.11 Å². The molecule has 108 valence electrons. The molecule has 0 aliphatic heterocycles. The monoisotopic (exact) mass is 256 g/mol. The van der Waals surface area contributed by atoms with Gasteiger partial charge >= 0.3 is 5.97 Å². The summed E-state index contributed by atoms with van der Waals surface area (Å²) in [4.78, 5) is 10.8. The fourth-order valence-corrected chi connectivity index (χ4v) is 2.38. The molecule has 0 bridgehead atoms. The van der Waals surface area contributed by atoms with Gasteiger partial charge in [-0.05, 0) is 12.8 Å². The summed E-state index contributed by atoms with van der Waals surface area (Å²) in [6.07, 6.45) is 14.8. The largest absolute Gasteiger partial charge is 0.481 e. The summed E-state index contributed by atoms with van der Waals surface area (Å²) in [5.74, 6) is -0.729. The molecule has 0 fully saturated rings. The second kappa shape index (κ2) is 12.9. The quantitative estimate of drug-likeness (QED) is 0.447. The topological polar surface area (TPSA) is 37.3 Å². The van der Waals surface area contributed by atoms with E-state index < -0.39 is 5.97 Å². The number of carboxylic acids is 1. The van der Waals surface area contributed by atoms with Crippen LogP contribution >= 0.6 is 0 Å². The number of rotatable bonds is 13. The summed E-state index contributed by atoms with van der Waals surface area (Å²) in [5, 5.41) is 8.92. The van der Waals surface area contributed by atoms with E-state index >= 15 is 0 Å². The number of unbranched alkanes of at least 4 members (excludes halogenated alkanes) is 9. The maximum Gasteiger partial charge on any atom is 0.306 e. The third kappa shape index (κ3) is 10.6. The first-order valence-electron chi connectivity index (χ1n) is 7.95. The molecular weight excluding hydrogens is 224 g/mol. The smallest absolute Gasteiger partial charge is 0.306 e. The van der Waals surface area contributed by atoms with Crippen molar-refractivity contribution in [2.24, 2.45) is 5.92 Å². The van der Waals surface area contributed by atoms with E-state index in [1.54, 1.807) is 0 Å². The van der Waals surface area contributed by atoms with Crippen LogP contribution < -0.4 is 0 Å². The summed E-state index contributed by atoms with van der Waals surface area (Å²) in [5.41, 5.74) is 0. The van der Waals surface area contributed by atoms with Gasteiger partial charge in [-0.15, -0.1) is 0 Å². The van der Waals surface area contributed by atoms with Gasteiger partial charge in [-0.1, -0.05) is 78.1 Å². The van der Waals surface area contributed by atoms with Gasteiger partial charge in [-0.25, -0.2) is 0 Å². The molecule has 0 spiro atoms. The zero-order chi connectivity index (χ0) is 13.6. The molecule has 0 unspecified atom stereocenters. The molecule has 0 aromatic carbocycles. The minimum atomic E-state index is -0.617. The molecule has 0 saturated carbocycles. The second-order valence-corrected chi connectivity index (χ2v) is 5.41. The summed E-state index contributed by atoms with van der Waals surface area (Å²) in [6, 6.07) is 0. The number of aliphatic carboxylic acids is 1. The Balaban J connectivity index is 3.18. The highest BCUT2D eigenvalue weighted by Gasteiger charge is 2.13. The van der Waals surface area contributed by atoms with Gasteiger partial charge in [0, 0.05) is 0 Å². The molecule has 0 radical (unpaired) electrons. The van der Waals surface area contributed by atoms with Crippen molar-refractivity contribution < 1.29 is 9.90 Å². The number of hydrogen-bond donors (Lipinski definition) is 1. The summed E-state index contributed by atoms with van der Waals surface area (Å²) in [6.45, 7) is 4.22. The van der Waals surface area contributed by atoms with Crippen LogP contribution in [0.1, 0.15) is 90.9 Å². The predicted octanol–water partition coefficient (Wildman–Crippen LogP) is 5.41. The van der Waals surface area contributed by atoms with Crippen molar-refractivity contribution >= 4 is 5.97 Å². The van der Waals surface area contributed by atoms with Gasteiger partial charge in [-0.2, -0.15) is 0 Å². The van der Waals surface area contributed by atoms with E-state index in [1.807, 2.05) is 6.92 Å². The standard InChI is InChI=1S/C16H32O2/c1-3-5-6-7-8-9-10-11-12-13-14-15(4-2)16(17)18/h15H,3-14H2,1-2H3,(H,17,18)/t15-/m1/s1. The minimum absolute atomic E-state index is 0.112. The average Bonchev–Trinajstić information content (AvgIpc) is 2.35. The Kier molecular flexibility index (Phi) is 12.5. The Morgan fingerprint density at radius 1 is 0.833 bits per heavy atom. The summed E-state index contributed by atoms with van der Waals surface area (Å²) < 4.78 is 0. The molecule has 18 heavy (non-hydrogen) atoms. The lowest BCUT2D eigenvalue weighted by atomic mass is 9.98. The Labute approximate surface area is 113 Å². The first kappa shape index (κ1) is 17.5. The van der Waals surface area contributed by atoms with Gasteiger partial charge in [0.05, 0.1) is 5.92 Å². The molecule has 0 aliphatic rings. The van der Waals surface area contributed by atoms with Crippen LogP contribution in [-0.2, 0) is 4.79 Å². The van der Waals surface area contributed by atoms with E-state index in [-0.39, 0.29) is 5.92 Å². The molecule has 0 aliphatic carbocycles. The lowest BCUT2D eigenvalue weighted by Gasteiger charge is -2.08. The van der Waals surface area contributed by atoms with Crippen molar-refractivity contribution in [3.63, 3.8) is 0 Å². The zero-order valence-corrected chi connectivity index (χ0v) is 12.4. The third-order valence-electron chi connectivity index (χ3n) is 3.75. The molecule has 0 rings (SSSR count). The van der Waals surface area contributed by atoms with Crippen LogP contribution in [-0.4, -0.2) is 11.1 Å². The fraction of sp³-hybridized carbons (Fsp3) is 0.938. The van der Waals surface area contributed by atoms with E-state index in [9.17, 15) is 4.79 Å². The van der Waals surface area contributed by atoms with Crippen molar-refractivity contribution in [2.45, 2.75) is 90.9 Å². The highest BCUT2D eigenvalue weighted by Crippen LogP contribution is 2.16. The van der Waals surface area contributed by atoms with Gasteiger partial charge in [0.1, 0.15) is 0 Å². The van der Waals surface area contributed by atoms with Crippen LogP contribution in [0.2, 0.25) is 0 Å². The van der Waals surface area contributed by atoms with Gasteiger partial charge < -0.3 is 5.11 Å². The van der Waals surface area contributed by atoms with Gasteiger partial charge in [0.2, 0.25) is 0 Å². The van der Waals surface area contributed by atoms with Gasteiger partial charge in [0.25, 0.3) is 0 Å². The first-order valence-corrected chi connectivity index (χ1v) is 7.95. The molecule has 1 N–H and O–H groups in total. The maximum absolute atomic E-state index is 10.8. The van der Waals surface area contributed by atoms with Crippen molar-refractivity contribution in [1.29, 1.82) is 0 Å². The second-order valence-electron chi connectivity index (χ2n) is 5.41. The lowest BCUT2D eigenvalue weighted by Crippen LogP contribution is -2.12. The third-order valence-corrected chi connectivity index (χ3v) is 3.75. The van der Waals surface area contributed by atoms with E-state index in [0.717, 1.165) is 19.3 Å². The molecule has 2 heteroatoms. The molecule has 1 atom stereocenters. The van der Waals surface area contributed by atoms with Crippen molar-refractivity contribution in [3.05, 3.63) is 0 Å². The van der Waals surface area contributed by atoms with Crippen LogP contribution in [0.5, 0.6) is 0 Å². The zero-order valence-electron chi connectivity index (χ0n) is 12.4. The highest BCUT2D eigenvalue weighted by molar-refractivity contribution is 5.69. The fourth-order valence-electron chi connectivity index (χ4n) is 2.38. The Morgan fingerprint density at radius 2 is 1.28 bits per heavy atom. The summed E-state index contributed by atoms with van der Waals surface area (Å²) >= 11 is 0. The Morgan fingerprint density at radius 3 is 1.67 bits per heavy atom. The molecule has 2 nitrogen and oxygen atoms in total. The van der Waals surface area contributed by atoms with E-state index in [1.165, 1.54) is 57.8 Å². The van der Waals surface area contributed by atoms with Gasteiger partial charge in [-0.3, -0.25) is 4.79 Å². The minimum Gasteiger partial charge on any atom is -0.481 e. The van der Waals surface area contributed by atoms with Crippen LogP contribution in [0.15, 0.2) is 0 Å². The van der Waals surface area contributed by atoms with E-state index in [0.29, 0.717) is 0 Å². The predicted molar refractivity (Wildman–Crippen MR) is 77.9 cm³/mol. The number of carbonyl (C=O) groups is 1. The highest BCUT2D eigenvalue weighted by atomic mass is 16.4. The van der Waals surface area contributed by atoms with Crippen LogP contribution in [0.3, 0.4) is 0 Å². The van der Waals surface area contributed by atoms with Crippen LogP contribution in [0.4, 0.5) is 0 Å². The van der Waals surface area contributed by atoms with Crippen molar-refractivity contribution in [3.8, 4) is 0 Å². The molecule has 0 heterocycles. The van der Waals surface area contributed by atoms with Crippen LogP contribution in [0.25, 0.3) is 0 Å². The average molecular weight is 256 g/mol. The molecule has 0 amide bonds.